The van der Waals surface area contributed by atoms with Gasteiger partial charge < -0.3 is 15.2 Å². The summed E-state index contributed by atoms with van der Waals surface area (Å²) >= 11 is 0. The second-order valence-corrected chi connectivity index (χ2v) is 3.73. The van der Waals surface area contributed by atoms with Crippen LogP contribution in [0, 0.1) is 0 Å². The van der Waals surface area contributed by atoms with Crippen molar-refractivity contribution in [1.82, 2.24) is 0 Å². The largest absolute Gasteiger partial charge is 0.494 e. The Labute approximate surface area is 107 Å². The van der Waals surface area contributed by atoms with Crippen molar-refractivity contribution in [3.8, 4) is 5.75 Å². The van der Waals surface area contributed by atoms with Gasteiger partial charge in [-0.25, -0.2) is 4.79 Å². The van der Waals surface area contributed by atoms with Crippen LogP contribution in [-0.2, 0) is 4.79 Å². The number of nitrogens with one attached hydrogen (secondary N) is 1. The molecule has 0 spiro atoms. The van der Waals surface area contributed by atoms with Gasteiger partial charge in [-0.05, 0) is 25.5 Å². The third-order valence-electron chi connectivity index (χ3n) is 2.46. The summed E-state index contributed by atoms with van der Waals surface area (Å²) in [6.45, 7) is 4.88. The van der Waals surface area contributed by atoms with E-state index in [0.717, 1.165) is 11.4 Å². The van der Waals surface area contributed by atoms with Gasteiger partial charge in [-0.1, -0.05) is 19.1 Å². The second kappa shape index (κ2) is 7.37. The van der Waals surface area contributed by atoms with E-state index >= 15 is 0 Å². The molecule has 0 aliphatic heterocycles. The Morgan fingerprint density at radius 3 is 2.83 bits per heavy atom. The number of ether oxygens (including phenoxy) is 1. The molecule has 0 bridgehead atoms. The van der Waals surface area contributed by atoms with Crippen LogP contribution in [0.3, 0.4) is 0 Å². The van der Waals surface area contributed by atoms with E-state index in [4.69, 9.17) is 9.84 Å². The zero-order valence-electron chi connectivity index (χ0n) is 10.8. The van der Waals surface area contributed by atoms with Gasteiger partial charge in [0.15, 0.2) is 0 Å². The Balaban J connectivity index is 2.58. The van der Waals surface area contributed by atoms with Gasteiger partial charge in [0.05, 0.1) is 6.61 Å². The molecule has 98 valence electrons. The molecular formula is C14H19NO3. The number of hydrogen-bond donors (Lipinski definition) is 2. The molecule has 4 heteroatoms. The molecule has 0 radical (unpaired) electrons. The zero-order chi connectivity index (χ0) is 13.4. The first-order chi connectivity index (χ1) is 8.67. The SMILES string of the molecule is CCOc1cccc(NC/C=C(/CC)C(=O)O)c1. The first-order valence-electron chi connectivity index (χ1n) is 6.06. The molecule has 2 N–H and O–H groups in total. The van der Waals surface area contributed by atoms with Crippen molar-refractivity contribution in [3.63, 3.8) is 0 Å². The van der Waals surface area contributed by atoms with Crippen molar-refractivity contribution in [2.24, 2.45) is 0 Å². The normalized spacial score (nSPS) is 11.1. The monoisotopic (exact) mass is 249 g/mol. The number of rotatable bonds is 7. The van der Waals surface area contributed by atoms with Crippen LogP contribution in [0.5, 0.6) is 5.75 Å². The van der Waals surface area contributed by atoms with Crippen molar-refractivity contribution < 1.29 is 14.6 Å². The molecule has 1 rings (SSSR count). The van der Waals surface area contributed by atoms with Gasteiger partial charge in [-0.3, -0.25) is 0 Å². The van der Waals surface area contributed by atoms with Crippen LogP contribution in [0.4, 0.5) is 5.69 Å². The van der Waals surface area contributed by atoms with Crippen LogP contribution >= 0.6 is 0 Å². The van der Waals surface area contributed by atoms with Gasteiger partial charge in [-0.2, -0.15) is 0 Å². The first kappa shape index (κ1) is 14.1. The molecule has 0 amide bonds. The lowest BCUT2D eigenvalue weighted by Crippen LogP contribution is -2.04. The first-order valence-corrected chi connectivity index (χ1v) is 6.06. The third kappa shape index (κ3) is 4.49. The van der Waals surface area contributed by atoms with Crippen LogP contribution in [-0.4, -0.2) is 24.2 Å². The van der Waals surface area contributed by atoms with Gasteiger partial charge in [0.1, 0.15) is 5.75 Å². The summed E-state index contributed by atoms with van der Waals surface area (Å²) in [7, 11) is 0. The van der Waals surface area contributed by atoms with Gasteiger partial charge >= 0.3 is 5.97 Å². The third-order valence-corrected chi connectivity index (χ3v) is 2.46. The zero-order valence-corrected chi connectivity index (χ0v) is 10.8. The Morgan fingerprint density at radius 1 is 1.44 bits per heavy atom. The molecule has 4 nitrogen and oxygen atoms in total. The summed E-state index contributed by atoms with van der Waals surface area (Å²) < 4.78 is 5.38. The molecule has 0 aliphatic rings. The van der Waals surface area contributed by atoms with Crippen LogP contribution in [0.15, 0.2) is 35.9 Å². The van der Waals surface area contributed by atoms with E-state index in [9.17, 15) is 4.79 Å². The van der Waals surface area contributed by atoms with Crippen LogP contribution in [0.2, 0.25) is 0 Å². The fourth-order valence-corrected chi connectivity index (χ4v) is 1.54. The number of carboxylic acids is 1. The highest BCUT2D eigenvalue weighted by molar-refractivity contribution is 5.86. The molecule has 1 aromatic rings. The number of hydrogen-bond acceptors (Lipinski definition) is 3. The molecule has 0 atom stereocenters. The maximum Gasteiger partial charge on any atom is 0.331 e. The van der Waals surface area contributed by atoms with E-state index < -0.39 is 5.97 Å². The van der Waals surface area contributed by atoms with E-state index in [1.165, 1.54) is 0 Å². The van der Waals surface area contributed by atoms with Gasteiger partial charge in [0.2, 0.25) is 0 Å². The maximum atomic E-state index is 10.8. The predicted octanol–water partition coefficient (Wildman–Crippen LogP) is 2.92. The highest BCUT2D eigenvalue weighted by Crippen LogP contribution is 2.17. The molecule has 0 saturated heterocycles. The van der Waals surface area contributed by atoms with Crippen molar-refractivity contribution >= 4 is 11.7 Å². The molecule has 18 heavy (non-hydrogen) atoms. The smallest absolute Gasteiger partial charge is 0.331 e. The van der Waals surface area contributed by atoms with E-state index in [2.05, 4.69) is 5.32 Å². The average Bonchev–Trinajstić information content (AvgIpc) is 2.35. The standard InChI is InChI=1S/C14H19NO3/c1-3-11(14(16)17)8-9-15-12-6-5-7-13(10-12)18-4-2/h5-8,10,15H,3-4,9H2,1-2H3,(H,16,17)/b11-8-. The molecule has 0 unspecified atom stereocenters. The fourth-order valence-electron chi connectivity index (χ4n) is 1.54. The van der Waals surface area contributed by atoms with E-state index in [0.29, 0.717) is 25.1 Å². The number of carbonyl (C=O) groups is 1. The highest BCUT2D eigenvalue weighted by Gasteiger charge is 2.02. The molecule has 1 aromatic carbocycles. The molecule has 0 fully saturated rings. The fraction of sp³-hybridized carbons (Fsp3) is 0.357. The Bertz CT molecular complexity index is 427. The number of benzene rings is 1. The number of aliphatic carboxylic acids is 1. The van der Waals surface area contributed by atoms with Crippen LogP contribution in [0.25, 0.3) is 0 Å². The minimum absolute atomic E-state index is 0.420. The quantitative estimate of drug-likeness (QED) is 0.729. The van der Waals surface area contributed by atoms with Gasteiger partial charge in [-0.15, -0.1) is 0 Å². The predicted molar refractivity (Wildman–Crippen MR) is 72.1 cm³/mol. The summed E-state index contributed by atoms with van der Waals surface area (Å²) in [5, 5.41) is 12.0. The second-order valence-electron chi connectivity index (χ2n) is 3.73. The van der Waals surface area contributed by atoms with E-state index in [-0.39, 0.29) is 0 Å². The topological polar surface area (TPSA) is 58.6 Å². The van der Waals surface area contributed by atoms with Crippen molar-refractivity contribution in [3.05, 3.63) is 35.9 Å². The molecular weight excluding hydrogens is 230 g/mol. The minimum atomic E-state index is -0.859. The summed E-state index contributed by atoms with van der Waals surface area (Å²) in [5.41, 5.74) is 1.33. The molecule has 0 aromatic heterocycles. The van der Waals surface area contributed by atoms with Gasteiger partial charge in [0, 0.05) is 23.9 Å². The summed E-state index contributed by atoms with van der Waals surface area (Å²) in [5.74, 6) is -0.0530. The summed E-state index contributed by atoms with van der Waals surface area (Å²) in [6, 6.07) is 7.60. The Morgan fingerprint density at radius 2 is 2.22 bits per heavy atom. The molecule has 0 saturated carbocycles. The Kier molecular flexibility index (Phi) is 5.77. The number of carboxylic acid groups (broad SMARTS) is 1. The lowest BCUT2D eigenvalue weighted by atomic mass is 10.2. The number of anilines is 1. The van der Waals surface area contributed by atoms with Crippen LogP contribution in [0.1, 0.15) is 20.3 Å². The molecule has 0 heterocycles. The van der Waals surface area contributed by atoms with Gasteiger partial charge in [0.25, 0.3) is 0 Å². The van der Waals surface area contributed by atoms with Crippen molar-refractivity contribution in [2.75, 3.05) is 18.5 Å². The highest BCUT2D eigenvalue weighted by atomic mass is 16.5. The van der Waals surface area contributed by atoms with Crippen molar-refractivity contribution in [1.29, 1.82) is 0 Å². The summed E-state index contributed by atoms with van der Waals surface area (Å²) in [6.07, 6.45) is 2.21. The summed E-state index contributed by atoms with van der Waals surface area (Å²) in [4.78, 5) is 10.8. The lowest BCUT2D eigenvalue weighted by molar-refractivity contribution is -0.132. The average molecular weight is 249 g/mol. The minimum Gasteiger partial charge on any atom is -0.494 e. The molecule has 0 aliphatic carbocycles. The van der Waals surface area contributed by atoms with Crippen molar-refractivity contribution in [2.45, 2.75) is 20.3 Å². The lowest BCUT2D eigenvalue weighted by Gasteiger charge is -2.07. The van der Waals surface area contributed by atoms with Crippen LogP contribution < -0.4 is 10.1 Å². The van der Waals surface area contributed by atoms with E-state index in [1.807, 2.05) is 38.1 Å². The Hall–Kier alpha value is -1.97. The van der Waals surface area contributed by atoms with E-state index in [1.54, 1.807) is 6.08 Å². The maximum absolute atomic E-state index is 10.8.